The van der Waals surface area contributed by atoms with Gasteiger partial charge in [0.25, 0.3) is 0 Å². The van der Waals surface area contributed by atoms with Crippen LogP contribution >= 0.6 is 0 Å². The molecule has 1 saturated heterocycles. The number of piperidine rings is 1. The third-order valence-electron chi connectivity index (χ3n) is 4.03. The molecular formula is C15H25NO4. The molecule has 0 N–H and O–H groups in total. The van der Waals surface area contributed by atoms with E-state index in [1.54, 1.807) is 0 Å². The molecule has 1 heterocycles. The number of carbonyl (C=O) groups excluding carboxylic acids is 2. The number of carbonyl (C=O) groups is 2. The minimum absolute atomic E-state index is 0.114. The van der Waals surface area contributed by atoms with E-state index < -0.39 is 0 Å². The highest BCUT2D eigenvalue weighted by Gasteiger charge is 2.50. The number of esters is 1. The molecule has 2 aliphatic rings. The van der Waals surface area contributed by atoms with E-state index in [4.69, 9.17) is 4.74 Å². The first-order chi connectivity index (χ1) is 9.52. The van der Waals surface area contributed by atoms with Gasteiger partial charge in [-0.05, 0) is 25.2 Å². The Morgan fingerprint density at radius 3 is 2.40 bits per heavy atom. The van der Waals surface area contributed by atoms with Gasteiger partial charge in [0.15, 0.2) is 0 Å². The fourth-order valence-electron chi connectivity index (χ4n) is 2.69. The van der Waals surface area contributed by atoms with Gasteiger partial charge in [-0.25, -0.2) is 0 Å². The second kappa shape index (κ2) is 6.57. The van der Waals surface area contributed by atoms with E-state index in [0.29, 0.717) is 12.3 Å². The molecule has 114 valence electrons. The van der Waals surface area contributed by atoms with Crippen LogP contribution in [0.1, 0.15) is 33.1 Å². The van der Waals surface area contributed by atoms with Gasteiger partial charge in [-0.15, -0.1) is 0 Å². The zero-order valence-electron chi connectivity index (χ0n) is 12.6. The standard InChI is InChI=1S/C15H25NO4/c1-10(2)9-20-11-4-6-16(7-5-11)14(17)12-8-13(12)15(18)19-3/h10-13H,4-9H2,1-3H3/t12-,13-/m1/s1. The van der Waals surface area contributed by atoms with Crippen molar-refractivity contribution in [2.24, 2.45) is 17.8 Å². The Kier molecular flexibility index (Phi) is 5.02. The summed E-state index contributed by atoms with van der Waals surface area (Å²) < 4.78 is 10.5. The van der Waals surface area contributed by atoms with E-state index in [9.17, 15) is 9.59 Å². The van der Waals surface area contributed by atoms with Crippen molar-refractivity contribution in [1.82, 2.24) is 4.90 Å². The van der Waals surface area contributed by atoms with Gasteiger partial charge in [0.05, 0.1) is 25.0 Å². The first-order valence-electron chi connectivity index (χ1n) is 7.51. The number of ether oxygens (including phenoxy) is 2. The Hall–Kier alpha value is -1.10. The fraction of sp³-hybridized carbons (Fsp3) is 0.867. The molecule has 1 aliphatic heterocycles. The van der Waals surface area contributed by atoms with Crippen LogP contribution < -0.4 is 0 Å². The van der Waals surface area contributed by atoms with Crippen LogP contribution in [0.15, 0.2) is 0 Å². The number of rotatable bonds is 5. The monoisotopic (exact) mass is 283 g/mol. The summed E-state index contributed by atoms with van der Waals surface area (Å²) in [6.07, 6.45) is 2.72. The van der Waals surface area contributed by atoms with Crippen molar-refractivity contribution in [2.45, 2.75) is 39.2 Å². The molecule has 0 aromatic carbocycles. The zero-order chi connectivity index (χ0) is 14.7. The Labute approximate surface area is 120 Å². The first-order valence-corrected chi connectivity index (χ1v) is 7.51. The van der Waals surface area contributed by atoms with Crippen molar-refractivity contribution < 1.29 is 19.1 Å². The van der Waals surface area contributed by atoms with Gasteiger partial charge in [0, 0.05) is 19.7 Å². The Bertz CT molecular complexity index is 361. The van der Waals surface area contributed by atoms with Crippen LogP contribution in [-0.2, 0) is 19.1 Å². The molecule has 1 aliphatic carbocycles. The number of nitrogens with zero attached hydrogens (tertiary/aromatic N) is 1. The van der Waals surface area contributed by atoms with Crippen molar-refractivity contribution in [3.05, 3.63) is 0 Å². The minimum Gasteiger partial charge on any atom is -0.469 e. The van der Waals surface area contributed by atoms with Crippen LogP contribution in [0.5, 0.6) is 0 Å². The van der Waals surface area contributed by atoms with E-state index in [2.05, 4.69) is 18.6 Å². The second-order valence-electron chi connectivity index (χ2n) is 6.22. The van der Waals surface area contributed by atoms with Crippen molar-refractivity contribution in [1.29, 1.82) is 0 Å². The molecule has 2 atom stereocenters. The SMILES string of the molecule is COC(=O)[C@@H]1C[C@H]1C(=O)N1CCC(OCC(C)C)CC1. The number of methoxy groups -OCH3 is 1. The Morgan fingerprint density at radius 1 is 1.20 bits per heavy atom. The minimum atomic E-state index is -0.251. The highest BCUT2D eigenvalue weighted by molar-refractivity contribution is 5.90. The predicted octanol–water partition coefficient (Wildman–Crippen LogP) is 1.46. The maximum absolute atomic E-state index is 12.2. The van der Waals surface area contributed by atoms with Crippen LogP contribution in [0, 0.1) is 17.8 Å². The molecule has 0 unspecified atom stereocenters. The van der Waals surface area contributed by atoms with E-state index in [1.165, 1.54) is 7.11 Å². The van der Waals surface area contributed by atoms with Crippen molar-refractivity contribution in [2.75, 3.05) is 26.8 Å². The van der Waals surface area contributed by atoms with E-state index >= 15 is 0 Å². The lowest BCUT2D eigenvalue weighted by Gasteiger charge is -2.32. The predicted molar refractivity (Wildman–Crippen MR) is 74.0 cm³/mol. The Morgan fingerprint density at radius 2 is 1.85 bits per heavy atom. The molecule has 1 amide bonds. The highest BCUT2D eigenvalue weighted by Crippen LogP contribution is 2.41. The average molecular weight is 283 g/mol. The molecule has 2 rings (SSSR count). The number of likely N-dealkylation sites (tertiary alicyclic amines) is 1. The van der Waals surface area contributed by atoms with Gasteiger partial charge in [0.2, 0.25) is 5.91 Å². The van der Waals surface area contributed by atoms with Crippen LogP contribution in [0.3, 0.4) is 0 Å². The van der Waals surface area contributed by atoms with Crippen molar-refractivity contribution >= 4 is 11.9 Å². The molecule has 5 heteroatoms. The third-order valence-corrected chi connectivity index (χ3v) is 4.03. The summed E-state index contributed by atoms with van der Waals surface area (Å²) in [5.41, 5.74) is 0. The molecule has 0 bridgehead atoms. The lowest BCUT2D eigenvalue weighted by molar-refractivity contribution is -0.145. The summed E-state index contributed by atoms with van der Waals surface area (Å²) in [5, 5.41) is 0. The van der Waals surface area contributed by atoms with Gasteiger partial charge in [-0.1, -0.05) is 13.8 Å². The third kappa shape index (κ3) is 3.72. The molecule has 0 spiro atoms. The summed E-state index contributed by atoms with van der Waals surface area (Å²) in [6, 6.07) is 0. The molecular weight excluding hydrogens is 258 g/mol. The van der Waals surface area contributed by atoms with E-state index in [1.807, 2.05) is 4.90 Å². The lowest BCUT2D eigenvalue weighted by Crippen LogP contribution is -2.42. The lowest BCUT2D eigenvalue weighted by atomic mass is 10.1. The molecule has 20 heavy (non-hydrogen) atoms. The molecule has 0 aromatic heterocycles. The van der Waals surface area contributed by atoms with Gasteiger partial charge < -0.3 is 14.4 Å². The summed E-state index contributed by atoms with van der Waals surface area (Å²) in [4.78, 5) is 25.5. The number of hydrogen-bond acceptors (Lipinski definition) is 4. The van der Waals surface area contributed by atoms with Crippen LogP contribution in [0.4, 0.5) is 0 Å². The van der Waals surface area contributed by atoms with Gasteiger partial charge >= 0.3 is 5.97 Å². The molecule has 2 fully saturated rings. The summed E-state index contributed by atoms with van der Waals surface area (Å²) in [7, 11) is 1.37. The van der Waals surface area contributed by atoms with Gasteiger partial charge in [-0.2, -0.15) is 0 Å². The zero-order valence-corrected chi connectivity index (χ0v) is 12.6. The van der Waals surface area contributed by atoms with Crippen LogP contribution in [-0.4, -0.2) is 49.7 Å². The molecule has 1 saturated carbocycles. The average Bonchev–Trinajstić information content (AvgIpc) is 3.24. The van der Waals surface area contributed by atoms with Gasteiger partial charge in [0.1, 0.15) is 0 Å². The Balaban J connectivity index is 1.72. The maximum atomic E-state index is 12.2. The van der Waals surface area contributed by atoms with Gasteiger partial charge in [-0.3, -0.25) is 9.59 Å². The quantitative estimate of drug-likeness (QED) is 0.717. The van der Waals surface area contributed by atoms with Crippen LogP contribution in [0.2, 0.25) is 0 Å². The summed E-state index contributed by atoms with van der Waals surface area (Å²) in [5.74, 6) is 0.0566. The molecule has 0 radical (unpaired) electrons. The van der Waals surface area contributed by atoms with Crippen molar-refractivity contribution in [3.63, 3.8) is 0 Å². The van der Waals surface area contributed by atoms with Crippen molar-refractivity contribution in [3.8, 4) is 0 Å². The highest BCUT2D eigenvalue weighted by atomic mass is 16.5. The van der Waals surface area contributed by atoms with E-state index in [-0.39, 0.29) is 29.8 Å². The smallest absolute Gasteiger partial charge is 0.309 e. The normalized spacial score (nSPS) is 26.7. The largest absolute Gasteiger partial charge is 0.469 e. The van der Waals surface area contributed by atoms with Crippen LogP contribution in [0.25, 0.3) is 0 Å². The summed E-state index contributed by atoms with van der Waals surface area (Å²) >= 11 is 0. The maximum Gasteiger partial charge on any atom is 0.309 e. The second-order valence-corrected chi connectivity index (χ2v) is 6.22. The summed E-state index contributed by atoms with van der Waals surface area (Å²) in [6.45, 7) is 6.54. The van der Waals surface area contributed by atoms with E-state index in [0.717, 1.165) is 32.5 Å². The number of amides is 1. The first kappa shape index (κ1) is 15.3. The molecule has 0 aromatic rings. The number of hydrogen-bond donors (Lipinski definition) is 0. The topological polar surface area (TPSA) is 55.8 Å². The fourth-order valence-corrected chi connectivity index (χ4v) is 2.69. The molecule has 5 nitrogen and oxygen atoms in total.